The number of carbonyl (C=O) groups is 2. The van der Waals surface area contributed by atoms with E-state index in [1.54, 1.807) is 6.07 Å². The summed E-state index contributed by atoms with van der Waals surface area (Å²) in [5.41, 5.74) is 8.26. The number of hydrogen-bond acceptors (Lipinski definition) is 8. The summed E-state index contributed by atoms with van der Waals surface area (Å²) < 4.78 is 0. The van der Waals surface area contributed by atoms with Crippen molar-refractivity contribution in [3.05, 3.63) is 67.8 Å². The van der Waals surface area contributed by atoms with E-state index in [0.29, 0.717) is 29.6 Å². The predicted molar refractivity (Wildman–Crippen MR) is 84.4 cm³/mol. The first-order chi connectivity index (χ1) is 12.0. The maximum atomic E-state index is 10.4. The third-order valence-corrected chi connectivity index (χ3v) is 2.82. The Morgan fingerprint density at radius 3 is 1.77 bits per heavy atom. The number of nitrogens with two attached hydrogens (primary N) is 1. The number of carbonyl (C=O) groups excluding carboxylic acids is 1. The van der Waals surface area contributed by atoms with E-state index in [0.717, 1.165) is 0 Å². The van der Waals surface area contributed by atoms with Gasteiger partial charge in [-0.15, -0.1) is 0 Å². The van der Waals surface area contributed by atoms with Gasteiger partial charge in [0.2, 0.25) is 0 Å². The number of carboxylic acids is 2. The minimum atomic E-state index is -1.71. The van der Waals surface area contributed by atoms with E-state index in [-0.39, 0.29) is 5.56 Å². The van der Waals surface area contributed by atoms with Crippen LogP contribution in [0.4, 0.5) is 22.7 Å². The van der Waals surface area contributed by atoms with Crippen LogP contribution < -0.4 is 16.6 Å². The number of nitrogens with zero attached hydrogens (tertiary/aromatic N) is 2. The number of carboxylic acid groups (broad SMARTS) is 2. The molecule has 6 N–H and O–H groups in total. The fraction of sp³-hybridized carbons (Fsp3) is 0. The smallest absolute Gasteiger partial charge is 0.335 e. The monoisotopic (exact) mass is 364 g/mol. The molecule has 0 bridgehead atoms. The molecule has 136 valence electrons. The van der Waals surface area contributed by atoms with Crippen LogP contribution in [0.25, 0.3) is 0 Å². The van der Waals surface area contributed by atoms with Crippen LogP contribution in [0.2, 0.25) is 0 Å². The van der Waals surface area contributed by atoms with Crippen molar-refractivity contribution in [2.75, 3.05) is 5.73 Å². The lowest BCUT2D eigenvalue weighted by atomic mass is 10.2. The van der Waals surface area contributed by atoms with Crippen molar-refractivity contribution >= 4 is 34.7 Å². The van der Waals surface area contributed by atoms with Gasteiger partial charge in [0.05, 0.1) is 27.4 Å². The summed E-state index contributed by atoms with van der Waals surface area (Å²) in [5, 5.41) is 39.6. The summed E-state index contributed by atoms with van der Waals surface area (Å²) in [6.07, 6.45) is 0. The Morgan fingerprint density at radius 1 is 0.923 bits per heavy atom. The molecule has 2 rings (SSSR count). The van der Waals surface area contributed by atoms with E-state index >= 15 is 0 Å². The number of nitro benzene ring substituents is 2. The standard InChI is InChI=1S/C7H4N2O6.C7H8N2O2/c10-7(11)4-1-5(8(12)13)3-6(2-4)9(14)15;8-5-1-4(7(10)11)2-6(9)3-5/h1-3H,(H,10,11);1-3H,8-9H2,(H,10,11). The van der Waals surface area contributed by atoms with Crippen LogP contribution in [0, 0.1) is 20.2 Å². The Bertz CT molecular complexity index is 797. The SMILES string of the molecule is Nc1cc([NH3+])cc(C(=O)O)c1.O=C([O-])c1cc([N+](=O)[O-])cc([N+](=O)[O-])c1. The summed E-state index contributed by atoms with van der Waals surface area (Å²) in [5.74, 6) is -2.69. The summed E-state index contributed by atoms with van der Waals surface area (Å²) in [7, 11) is 0. The second kappa shape index (κ2) is 8.16. The lowest BCUT2D eigenvalue weighted by molar-refractivity contribution is -0.394. The molecular weight excluding hydrogens is 352 g/mol. The molecule has 0 aliphatic carbocycles. The zero-order valence-electron chi connectivity index (χ0n) is 12.9. The quantitative estimate of drug-likeness (QED) is 0.368. The third-order valence-electron chi connectivity index (χ3n) is 2.82. The first-order valence-corrected chi connectivity index (χ1v) is 6.62. The Kier molecular flexibility index (Phi) is 6.27. The third kappa shape index (κ3) is 5.54. The fourth-order valence-electron chi connectivity index (χ4n) is 1.77. The molecule has 2 aromatic rings. The number of nitro groups is 2. The lowest BCUT2D eigenvalue weighted by Crippen LogP contribution is -2.40. The van der Waals surface area contributed by atoms with Crippen LogP contribution in [0.5, 0.6) is 0 Å². The largest absolute Gasteiger partial charge is 0.545 e. The van der Waals surface area contributed by atoms with Crippen molar-refractivity contribution in [3.63, 3.8) is 0 Å². The van der Waals surface area contributed by atoms with E-state index in [4.69, 9.17) is 10.8 Å². The van der Waals surface area contributed by atoms with E-state index < -0.39 is 38.7 Å². The van der Waals surface area contributed by atoms with Crippen LogP contribution in [0.1, 0.15) is 20.7 Å². The van der Waals surface area contributed by atoms with Crippen molar-refractivity contribution in [1.29, 1.82) is 0 Å². The highest BCUT2D eigenvalue weighted by Crippen LogP contribution is 2.22. The number of aromatic carboxylic acids is 2. The van der Waals surface area contributed by atoms with Gasteiger partial charge < -0.3 is 26.5 Å². The van der Waals surface area contributed by atoms with Crippen molar-refractivity contribution in [2.24, 2.45) is 0 Å². The predicted octanol–water partition coefficient (Wildman–Crippen LogP) is -0.293. The van der Waals surface area contributed by atoms with Gasteiger partial charge in [-0.05, 0) is 6.07 Å². The molecule has 0 saturated carbocycles. The Balaban J connectivity index is 0.000000273. The van der Waals surface area contributed by atoms with Crippen molar-refractivity contribution in [2.45, 2.75) is 0 Å². The second-order valence-electron chi connectivity index (χ2n) is 4.81. The molecule has 26 heavy (non-hydrogen) atoms. The summed E-state index contributed by atoms with van der Waals surface area (Å²) in [6, 6.07) is 6.55. The molecule has 0 atom stereocenters. The van der Waals surface area contributed by atoms with Gasteiger partial charge in [-0.3, -0.25) is 20.2 Å². The molecule has 0 aliphatic heterocycles. The molecule has 12 nitrogen and oxygen atoms in total. The van der Waals surface area contributed by atoms with E-state index in [1.165, 1.54) is 12.1 Å². The molecule has 0 radical (unpaired) electrons. The fourth-order valence-corrected chi connectivity index (χ4v) is 1.77. The molecule has 0 fully saturated rings. The summed E-state index contributed by atoms with van der Waals surface area (Å²) in [4.78, 5) is 39.6. The van der Waals surface area contributed by atoms with E-state index in [9.17, 15) is 34.9 Å². The molecule has 0 saturated heterocycles. The van der Waals surface area contributed by atoms with Gasteiger partial charge >= 0.3 is 5.97 Å². The highest BCUT2D eigenvalue weighted by atomic mass is 16.6. The number of hydrogen-bond donors (Lipinski definition) is 3. The average molecular weight is 364 g/mol. The maximum absolute atomic E-state index is 10.4. The highest BCUT2D eigenvalue weighted by Gasteiger charge is 2.16. The maximum Gasteiger partial charge on any atom is 0.335 e. The van der Waals surface area contributed by atoms with Gasteiger partial charge in [-0.2, -0.15) is 0 Å². The Hall–Kier alpha value is -4.06. The van der Waals surface area contributed by atoms with Gasteiger partial charge in [0.15, 0.2) is 0 Å². The Labute approximate surface area is 144 Å². The van der Waals surface area contributed by atoms with Crippen molar-refractivity contribution in [1.82, 2.24) is 0 Å². The van der Waals surface area contributed by atoms with Crippen LogP contribution in [-0.4, -0.2) is 26.9 Å². The number of non-ortho nitro benzene ring substituents is 2. The molecule has 12 heteroatoms. The first kappa shape index (κ1) is 20.0. The molecule has 2 aromatic carbocycles. The number of quaternary nitrogens is 1. The number of nitrogen functional groups attached to an aromatic ring is 1. The van der Waals surface area contributed by atoms with Gasteiger partial charge in [0.25, 0.3) is 11.4 Å². The van der Waals surface area contributed by atoms with Crippen molar-refractivity contribution < 1.29 is 35.4 Å². The summed E-state index contributed by atoms with van der Waals surface area (Å²) in [6.45, 7) is 0. The van der Waals surface area contributed by atoms with Crippen LogP contribution in [-0.2, 0) is 0 Å². The van der Waals surface area contributed by atoms with E-state index in [2.05, 4.69) is 5.73 Å². The zero-order chi connectivity index (χ0) is 20.0. The molecule has 0 aliphatic rings. The second-order valence-corrected chi connectivity index (χ2v) is 4.81. The zero-order valence-corrected chi connectivity index (χ0v) is 12.9. The first-order valence-electron chi connectivity index (χ1n) is 6.62. The van der Waals surface area contributed by atoms with Gasteiger partial charge in [0, 0.05) is 35.5 Å². The molecule has 0 spiro atoms. The summed E-state index contributed by atoms with van der Waals surface area (Å²) >= 11 is 0. The number of rotatable bonds is 4. The van der Waals surface area contributed by atoms with Crippen LogP contribution >= 0.6 is 0 Å². The van der Waals surface area contributed by atoms with Gasteiger partial charge in [0.1, 0.15) is 5.69 Å². The topological polar surface area (TPSA) is 217 Å². The van der Waals surface area contributed by atoms with Gasteiger partial charge in [-0.25, -0.2) is 4.79 Å². The minimum absolute atomic E-state index is 0.176. The minimum Gasteiger partial charge on any atom is -0.545 e. The highest BCUT2D eigenvalue weighted by molar-refractivity contribution is 5.89. The molecule has 0 amide bonds. The average Bonchev–Trinajstić information content (AvgIpc) is 2.53. The molecule has 0 unspecified atom stereocenters. The normalized spacial score (nSPS) is 9.58. The number of benzene rings is 2. The Morgan fingerprint density at radius 2 is 1.42 bits per heavy atom. The van der Waals surface area contributed by atoms with E-state index in [1.807, 2.05) is 0 Å². The number of anilines is 1. The molecule has 0 aromatic heterocycles. The lowest BCUT2D eigenvalue weighted by Gasteiger charge is -2.01. The van der Waals surface area contributed by atoms with Crippen LogP contribution in [0.15, 0.2) is 36.4 Å². The van der Waals surface area contributed by atoms with Crippen LogP contribution in [0.3, 0.4) is 0 Å². The van der Waals surface area contributed by atoms with Crippen molar-refractivity contribution in [3.8, 4) is 0 Å². The van der Waals surface area contributed by atoms with Gasteiger partial charge in [-0.1, -0.05) is 0 Å². The molecule has 0 heterocycles. The molecular formula is C14H12N4O8.